The molecule has 49 heavy (non-hydrogen) atoms. The Bertz CT molecular complexity index is 2000. The number of hydrogen-bond donors (Lipinski definition) is 2. The third-order valence-electron chi connectivity index (χ3n) is 9.87. The number of halogens is 2. The molecule has 1 unspecified atom stereocenters. The summed E-state index contributed by atoms with van der Waals surface area (Å²) in [6.07, 6.45) is 3.91. The highest BCUT2D eigenvalue weighted by atomic mass is 35.5. The lowest BCUT2D eigenvalue weighted by Crippen LogP contribution is -2.53. The third-order valence-corrected chi connectivity index (χ3v) is 11.0. The number of urea groups is 1. The van der Waals surface area contributed by atoms with Gasteiger partial charge in [0.05, 0.1) is 35.8 Å². The zero-order valence-corrected chi connectivity index (χ0v) is 28.6. The van der Waals surface area contributed by atoms with Crippen molar-refractivity contribution in [3.63, 3.8) is 0 Å². The van der Waals surface area contributed by atoms with Crippen LogP contribution in [0.15, 0.2) is 64.2 Å². The average Bonchev–Trinajstić information content (AvgIpc) is 3.91. The summed E-state index contributed by atoms with van der Waals surface area (Å²) in [6.45, 7) is 3.67. The lowest BCUT2D eigenvalue weighted by atomic mass is 9.95. The first-order valence-electron chi connectivity index (χ1n) is 16.3. The number of amides is 2. The number of rotatable bonds is 7. The summed E-state index contributed by atoms with van der Waals surface area (Å²) in [4.78, 5) is 53.0. The Morgan fingerprint density at radius 2 is 2.04 bits per heavy atom. The Morgan fingerprint density at radius 3 is 2.80 bits per heavy atom. The van der Waals surface area contributed by atoms with Crippen LogP contribution in [0, 0.1) is 5.82 Å². The van der Waals surface area contributed by atoms with Crippen LogP contribution in [0.2, 0.25) is 5.02 Å². The van der Waals surface area contributed by atoms with Gasteiger partial charge in [0, 0.05) is 66.3 Å². The summed E-state index contributed by atoms with van der Waals surface area (Å²) in [5.74, 6) is 0.407. The van der Waals surface area contributed by atoms with E-state index in [1.807, 2.05) is 33.4 Å². The number of carbonyl (C=O) groups is 2. The number of piperazine rings is 1. The van der Waals surface area contributed by atoms with Crippen LogP contribution in [0.1, 0.15) is 41.3 Å². The van der Waals surface area contributed by atoms with Crippen molar-refractivity contribution < 1.29 is 18.7 Å². The van der Waals surface area contributed by atoms with Gasteiger partial charge >= 0.3 is 12.0 Å². The smallest absolute Gasteiger partial charge is 0.338 e. The van der Waals surface area contributed by atoms with Gasteiger partial charge in [-0.3, -0.25) is 19.7 Å². The standard InChI is InChI=1S/C34H35ClFN9O3S/c1-42-10-3-4-27(42)30-38-24-8-6-20(15-25(24)39-30)45-17-21-16-43(11-12-44(21)34(45)47)18-26-28(33(46)48-2)29(22-7-5-19(36)14-23(22)35)41-31(40-26)32-37-9-13-49-32/h5-9,13-15,21,27,29H,3-4,10-12,16-18H2,1-2H3,(H,38,39)(H,40,41)/t21-,27?,29-/m0/s1. The number of anilines is 1. The Balaban J connectivity index is 1.05. The molecular weight excluding hydrogens is 669 g/mol. The SMILES string of the molecule is COC(=O)C1=C(CN2CCN3C(=O)N(c4ccc5[nH]c(C6CCCN6C)nc5c4)C[C@@H]3C2)NC(c2nccs2)=N[C@H]1c1ccc(F)cc1Cl. The highest BCUT2D eigenvalue weighted by Crippen LogP contribution is 2.38. The van der Waals surface area contributed by atoms with Gasteiger partial charge in [0.25, 0.3) is 0 Å². The van der Waals surface area contributed by atoms with Crippen LogP contribution in [0.5, 0.6) is 0 Å². The van der Waals surface area contributed by atoms with Crippen molar-refractivity contribution in [2.45, 2.75) is 31.0 Å². The number of hydrogen-bond acceptors (Lipinski definition) is 10. The van der Waals surface area contributed by atoms with Crippen molar-refractivity contribution in [3.05, 3.63) is 86.5 Å². The highest BCUT2D eigenvalue weighted by molar-refractivity contribution is 7.11. The van der Waals surface area contributed by atoms with Crippen LogP contribution >= 0.6 is 22.9 Å². The van der Waals surface area contributed by atoms with Gasteiger partial charge in [0.15, 0.2) is 10.8 Å². The summed E-state index contributed by atoms with van der Waals surface area (Å²) < 4.78 is 19.3. The Kier molecular flexibility index (Phi) is 8.34. The Hall–Kier alpha value is -4.37. The number of fused-ring (bicyclic) bond motifs is 2. The average molecular weight is 704 g/mol. The van der Waals surface area contributed by atoms with Gasteiger partial charge in [-0.25, -0.2) is 23.9 Å². The molecule has 0 bridgehead atoms. The molecule has 2 amide bonds. The second-order valence-corrected chi connectivity index (χ2v) is 14.1. The quantitative estimate of drug-likeness (QED) is 0.265. The molecule has 8 rings (SSSR count). The van der Waals surface area contributed by atoms with E-state index in [0.717, 1.165) is 41.9 Å². The predicted molar refractivity (Wildman–Crippen MR) is 185 cm³/mol. The molecule has 12 nitrogen and oxygen atoms in total. The fourth-order valence-corrected chi connectivity index (χ4v) is 8.28. The molecule has 4 aliphatic heterocycles. The summed E-state index contributed by atoms with van der Waals surface area (Å²) in [6, 6.07) is 9.41. The number of esters is 1. The normalized spacial score (nSPS) is 23.3. The van der Waals surface area contributed by atoms with Crippen LogP contribution in [-0.2, 0) is 9.53 Å². The minimum absolute atomic E-state index is 0.0234. The molecule has 0 spiro atoms. The minimum atomic E-state index is -0.841. The number of imidazole rings is 1. The first-order valence-corrected chi connectivity index (χ1v) is 17.5. The van der Waals surface area contributed by atoms with E-state index in [9.17, 15) is 14.0 Å². The number of benzene rings is 2. The van der Waals surface area contributed by atoms with Crippen molar-refractivity contribution in [1.29, 1.82) is 0 Å². The van der Waals surface area contributed by atoms with Crippen molar-refractivity contribution >= 4 is 57.5 Å². The van der Waals surface area contributed by atoms with E-state index in [1.165, 1.54) is 30.6 Å². The number of thiazole rings is 1. The number of likely N-dealkylation sites (tertiary alicyclic amines) is 1. The van der Waals surface area contributed by atoms with Gasteiger partial charge in [0.1, 0.15) is 17.7 Å². The molecular formula is C34H35ClFN9O3S. The van der Waals surface area contributed by atoms with E-state index in [4.69, 9.17) is 26.3 Å². The topological polar surface area (TPSA) is 122 Å². The third kappa shape index (κ3) is 5.86. The van der Waals surface area contributed by atoms with Crippen molar-refractivity contribution in [3.8, 4) is 0 Å². The summed E-state index contributed by atoms with van der Waals surface area (Å²) in [5, 5.41) is 6.00. The van der Waals surface area contributed by atoms with Gasteiger partial charge in [-0.05, 0) is 56.8 Å². The predicted octanol–water partition coefficient (Wildman–Crippen LogP) is 4.72. The van der Waals surface area contributed by atoms with Gasteiger partial charge in [0.2, 0.25) is 0 Å². The summed E-state index contributed by atoms with van der Waals surface area (Å²) >= 11 is 7.93. The fourth-order valence-electron chi connectivity index (χ4n) is 7.42. The number of ether oxygens (including phenoxy) is 1. The van der Waals surface area contributed by atoms with Crippen LogP contribution < -0.4 is 10.2 Å². The molecule has 0 aliphatic carbocycles. The van der Waals surface area contributed by atoms with Crippen molar-refractivity contribution in [2.24, 2.45) is 4.99 Å². The number of amidine groups is 1. The van der Waals surface area contributed by atoms with E-state index in [2.05, 4.69) is 32.1 Å². The van der Waals surface area contributed by atoms with Gasteiger partial charge in [-0.15, -0.1) is 11.3 Å². The number of aromatic amines is 1. The van der Waals surface area contributed by atoms with Crippen LogP contribution in [0.25, 0.3) is 11.0 Å². The van der Waals surface area contributed by atoms with E-state index in [1.54, 1.807) is 12.3 Å². The van der Waals surface area contributed by atoms with E-state index >= 15 is 0 Å². The molecule has 254 valence electrons. The molecule has 6 heterocycles. The molecule has 0 radical (unpaired) electrons. The first kappa shape index (κ1) is 31.9. The second kappa shape index (κ2) is 12.8. The number of H-pyrrole nitrogens is 1. The number of aliphatic imine (C=N–C) groups is 1. The maximum absolute atomic E-state index is 14.0. The molecule has 4 aliphatic rings. The Morgan fingerprint density at radius 1 is 1.16 bits per heavy atom. The molecule has 15 heteroatoms. The van der Waals surface area contributed by atoms with Gasteiger partial charge in [-0.2, -0.15) is 0 Å². The molecule has 2 N–H and O–H groups in total. The monoisotopic (exact) mass is 703 g/mol. The lowest BCUT2D eigenvalue weighted by molar-refractivity contribution is -0.136. The van der Waals surface area contributed by atoms with Gasteiger partial charge < -0.3 is 19.9 Å². The van der Waals surface area contributed by atoms with E-state index in [-0.39, 0.29) is 23.1 Å². The van der Waals surface area contributed by atoms with Crippen LogP contribution in [-0.4, -0.2) is 107 Å². The van der Waals surface area contributed by atoms with Crippen molar-refractivity contribution in [1.82, 2.24) is 35.0 Å². The molecule has 2 aromatic carbocycles. The maximum Gasteiger partial charge on any atom is 0.338 e. The summed E-state index contributed by atoms with van der Waals surface area (Å²) in [7, 11) is 3.45. The zero-order valence-electron chi connectivity index (χ0n) is 27.0. The summed E-state index contributed by atoms with van der Waals surface area (Å²) in [5.41, 5.74) is 4.01. The maximum atomic E-state index is 14.0. The molecule has 3 fully saturated rings. The highest BCUT2D eigenvalue weighted by Gasteiger charge is 2.42. The van der Waals surface area contributed by atoms with Crippen LogP contribution in [0.4, 0.5) is 14.9 Å². The second-order valence-electron chi connectivity index (χ2n) is 12.8. The number of methoxy groups -OCH3 is 1. The van der Waals surface area contributed by atoms with E-state index in [0.29, 0.717) is 60.4 Å². The zero-order chi connectivity index (χ0) is 33.8. The molecule has 0 saturated carbocycles. The number of carbonyl (C=O) groups excluding carboxylic acids is 2. The van der Waals surface area contributed by atoms with E-state index < -0.39 is 17.8 Å². The number of nitrogens with one attached hydrogen (secondary N) is 2. The van der Waals surface area contributed by atoms with Crippen LogP contribution in [0.3, 0.4) is 0 Å². The fraction of sp³-hybridized carbons (Fsp3) is 0.382. The lowest BCUT2D eigenvalue weighted by Gasteiger charge is -2.38. The first-order chi connectivity index (χ1) is 23.8. The molecule has 3 saturated heterocycles. The Labute approximate surface area is 291 Å². The number of aromatic nitrogens is 3. The molecule has 2 aromatic heterocycles. The molecule has 4 aromatic rings. The molecule has 3 atom stereocenters. The minimum Gasteiger partial charge on any atom is -0.466 e. The largest absolute Gasteiger partial charge is 0.466 e. The van der Waals surface area contributed by atoms with Crippen molar-refractivity contribution in [2.75, 3.05) is 58.3 Å². The van der Waals surface area contributed by atoms with Gasteiger partial charge in [-0.1, -0.05) is 17.7 Å². The number of nitrogens with zero attached hydrogens (tertiary/aromatic N) is 7.